The topological polar surface area (TPSA) is 9.23 Å². The van der Waals surface area contributed by atoms with Gasteiger partial charge in [-0.3, -0.25) is 0 Å². The largest absolute Gasteiger partial charge is 0.494 e. The van der Waals surface area contributed by atoms with Crippen LogP contribution in [0.1, 0.15) is 23.5 Å². The molecule has 0 fully saturated rings. The minimum absolute atomic E-state index is 0.489. The first-order chi connectivity index (χ1) is 9.70. The Bertz CT molecular complexity index is 554. The normalized spacial score (nSPS) is 12.2. The molecule has 0 N–H and O–H groups in total. The van der Waals surface area contributed by atoms with Gasteiger partial charge in [0, 0.05) is 9.80 Å². The van der Waals surface area contributed by atoms with Gasteiger partial charge >= 0.3 is 0 Å². The number of halogens is 2. The highest BCUT2D eigenvalue weighted by Gasteiger charge is 2.12. The van der Waals surface area contributed by atoms with Crippen LogP contribution in [-0.4, -0.2) is 11.9 Å². The lowest BCUT2D eigenvalue weighted by Crippen LogP contribution is -2.08. The van der Waals surface area contributed by atoms with Crippen LogP contribution in [0.3, 0.4) is 0 Å². The third-order valence-electron chi connectivity index (χ3n) is 3.35. The van der Waals surface area contributed by atoms with Crippen LogP contribution < -0.4 is 4.74 Å². The van der Waals surface area contributed by atoms with Crippen molar-refractivity contribution in [2.45, 2.75) is 19.3 Å². The first kappa shape index (κ1) is 15.6. The van der Waals surface area contributed by atoms with Crippen molar-refractivity contribution < 1.29 is 4.74 Å². The van der Waals surface area contributed by atoms with E-state index in [4.69, 9.17) is 4.74 Å². The molecule has 1 atom stereocenters. The minimum Gasteiger partial charge on any atom is -0.494 e. The summed E-state index contributed by atoms with van der Waals surface area (Å²) in [6.07, 6.45) is 1.00. The molecule has 20 heavy (non-hydrogen) atoms. The molecule has 0 saturated carbocycles. The van der Waals surface area contributed by atoms with Crippen molar-refractivity contribution in [1.82, 2.24) is 0 Å². The highest BCUT2D eigenvalue weighted by atomic mass is 79.9. The van der Waals surface area contributed by atoms with Crippen LogP contribution in [0.5, 0.6) is 5.75 Å². The number of alkyl halides is 1. The van der Waals surface area contributed by atoms with Gasteiger partial charge in [0.15, 0.2) is 0 Å². The van der Waals surface area contributed by atoms with Crippen molar-refractivity contribution in [2.75, 3.05) is 11.9 Å². The smallest absolute Gasteiger partial charge is 0.120 e. The molecule has 0 spiro atoms. The quantitative estimate of drug-likeness (QED) is 0.567. The van der Waals surface area contributed by atoms with Gasteiger partial charge in [-0.15, -0.1) is 0 Å². The van der Waals surface area contributed by atoms with E-state index in [0.29, 0.717) is 5.92 Å². The Morgan fingerprint density at radius 2 is 1.90 bits per heavy atom. The molecule has 2 rings (SSSR count). The van der Waals surface area contributed by atoms with E-state index in [9.17, 15) is 0 Å². The van der Waals surface area contributed by atoms with Crippen LogP contribution in [-0.2, 0) is 0 Å². The second-order valence-electron chi connectivity index (χ2n) is 4.80. The lowest BCUT2D eigenvalue weighted by atomic mass is 9.94. The predicted molar refractivity (Wildman–Crippen MR) is 92.0 cm³/mol. The second-order valence-corrected chi connectivity index (χ2v) is 6.37. The van der Waals surface area contributed by atoms with Gasteiger partial charge in [-0.2, -0.15) is 0 Å². The average Bonchev–Trinajstić information content (AvgIpc) is 2.45. The Morgan fingerprint density at radius 3 is 2.60 bits per heavy atom. The Balaban J connectivity index is 1.93. The summed E-state index contributed by atoms with van der Waals surface area (Å²) < 4.78 is 6.88. The van der Waals surface area contributed by atoms with Crippen LogP contribution in [0.25, 0.3) is 0 Å². The second kappa shape index (κ2) is 7.84. The van der Waals surface area contributed by atoms with Gasteiger partial charge in [0.25, 0.3) is 0 Å². The molecule has 0 bridgehead atoms. The van der Waals surface area contributed by atoms with Gasteiger partial charge in [0.1, 0.15) is 5.75 Å². The molecule has 106 valence electrons. The molecule has 2 aromatic carbocycles. The number of rotatable bonds is 6. The van der Waals surface area contributed by atoms with Crippen LogP contribution in [0.4, 0.5) is 0 Å². The fourth-order valence-corrected chi connectivity index (χ4v) is 3.29. The van der Waals surface area contributed by atoms with E-state index in [-0.39, 0.29) is 0 Å². The van der Waals surface area contributed by atoms with E-state index in [1.54, 1.807) is 0 Å². The summed E-state index contributed by atoms with van der Waals surface area (Å²) in [7, 11) is 0. The maximum atomic E-state index is 5.83. The summed E-state index contributed by atoms with van der Waals surface area (Å²) in [5, 5.41) is 0.958. The lowest BCUT2D eigenvalue weighted by molar-refractivity contribution is 0.301. The van der Waals surface area contributed by atoms with Crippen LogP contribution in [0.2, 0.25) is 0 Å². The molecular weight excluding hydrogens is 380 g/mol. The van der Waals surface area contributed by atoms with Crippen molar-refractivity contribution in [2.24, 2.45) is 0 Å². The maximum Gasteiger partial charge on any atom is 0.120 e. The molecule has 0 heterocycles. The molecule has 0 radical (unpaired) electrons. The van der Waals surface area contributed by atoms with Crippen LogP contribution in [0, 0.1) is 6.92 Å². The predicted octanol–water partition coefficient (Wildman–Crippen LogP) is 5.71. The Labute approximate surface area is 137 Å². The molecule has 1 nitrogen and oxygen atoms in total. The van der Waals surface area contributed by atoms with Gasteiger partial charge < -0.3 is 4.74 Å². The highest BCUT2D eigenvalue weighted by Crippen LogP contribution is 2.25. The summed E-state index contributed by atoms with van der Waals surface area (Å²) in [6, 6.07) is 16.5. The fraction of sp³-hybridized carbons (Fsp3) is 0.294. The summed E-state index contributed by atoms with van der Waals surface area (Å²) in [4.78, 5) is 0. The minimum atomic E-state index is 0.489. The molecule has 2 aromatic rings. The Kier molecular flexibility index (Phi) is 6.11. The standard InChI is InChI=1S/C17H18Br2O/c1-13-5-2-3-8-17(13)14(12-18)9-10-20-16-7-4-6-15(19)11-16/h2-8,11,14H,9-10,12H2,1H3. The summed E-state index contributed by atoms with van der Waals surface area (Å²) >= 11 is 7.08. The average molecular weight is 398 g/mol. The Hall–Kier alpha value is -0.800. The van der Waals surface area contributed by atoms with Gasteiger partial charge in [-0.1, -0.05) is 62.2 Å². The van der Waals surface area contributed by atoms with Crippen molar-refractivity contribution in [3.8, 4) is 5.75 Å². The SMILES string of the molecule is Cc1ccccc1C(CBr)CCOc1cccc(Br)c1. The van der Waals surface area contributed by atoms with Gasteiger partial charge in [-0.05, 0) is 48.6 Å². The van der Waals surface area contributed by atoms with E-state index in [1.807, 2.05) is 24.3 Å². The Morgan fingerprint density at radius 1 is 1.10 bits per heavy atom. The van der Waals surface area contributed by atoms with Gasteiger partial charge in [-0.25, -0.2) is 0 Å². The zero-order valence-electron chi connectivity index (χ0n) is 11.5. The van der Waals surface area contributed by atoms with E-state index < -0.39 is 0 Å². The third kappa shape index (κ3) is 4.35. The first-order valence-electron chi connectivity index (χ1n) is 6.70. The van der Waals surface area contributed by atoms with Crippen LogP contribution in [0.15, 0.2) is 53.0 Å². The molecule has 0 aliphatic carbocycles. The molecule has 0 amide bonds. The summed E-state index contributed by atoms with van der Waals surface area (Å²) in [6.45, 7) is 2.89. The van der Waals surface area contributed by atoms with Crippen molar-refractivity contribution in [3.05, 3.63) is 64.1 Å². The first-order valence-corrected chi connectivity index (χ1v) is 8.62. The fourth-order valence-electron chi connectivity index (χ4n) is 2.24. The number of benzene rings is 2. The molecule has 1 unspecified atom stereocenters. The molecular formula is C17H18Br2O. The monoisotopic (exact) mass is 396 g/mol. The molecule has 0 aliphatic heterocycles. The molecule has 3 heteroatoms. The lowest BCUT2D eigenvalue weighted by Gasteiger charge is -2.17. The molecule has 0 aromatic heterocycles. The van der Waals surface area contributed by atoms with E-state index in [2.05, 4.69) is 63.0 Å². The van der Waals surface area contributed by atoms with Crippen LogP contribution >= 0.6 is 31.9 Å². The summed E-state index contributed by atoms with van der Waals surface area (Å²) in [5.41, 5.74) is 2.75. The molecule has 0 aliphatic rings. The number of hydrogen-bond acceptors (Lipinski definition) is 1. The number of ether oxygens (including phenoxy) is 1. The van der Waals surface area contributed by atoms with E-state index in [1.165, 1.54) is 11.1 Å². The summed E-state index contributed by atoms with van der Waals surface area (Å²) in [5.74, 6) is 1.40. The zero-order valence-corrected chi connectivity index (χ0v) is 14.7. The zero-order chi connectivity index (χ0) is 14.4. The van der Waals surface area contributed by atoms with Crippen molar-refractivity contribution in [1.29, 1.82) is 0 Å². The van der Waals surface area contributed by atoms with E-state index >= 15 is 0 Å². The van der Waals surface area contributed by atoms with E-state index in [0.717, 1.165) is 28.6 Å². The van der Waals surface area contributed by atoms with Gasteiger partial charge in [0.05, 0.1) is 6.61 Å². The van der Waals surface area contributed by atoms with Crippen molar-refractivity contribution >= 4 is 31.9 Å². The third-order valence-corrected chi connectivity index (χ3v) is 4.62. The maximum absolute atomic E-state index is 5.83. The number of aryl methyl sites for hydroxylation is 1. The number of hydrogen-bond donors (Lipinski definition) is 0. The molecule has 0 saturated heterocycles. The highest BCUT2D eigenvalue weighted by molar-refractivity contribution is 9.10. The van der Waals surface area contributed by atoms with Crippen molar-refractivity contribution in [3.63, 3.8) is 0 Å². The van der Waals surface area contributed by atoms with Gasteiger partial charge in [0.2, 0.25) is 0 Å².